The Bertz CT molecular complexity index is 318. The third-order valence-electron chi connectivity index (χ3n) is 2.01. The minimum Gasteiger partial charge on any atom is -0.479 e. The standard InChI is InChI=1S/C8H9NO4/c1-4-3-5(10)7(11)6(8(12)13)9(4)2/h3,6H,1-2H3,(H,12,13). The highest BCUT2D eigenvalue weighted by atomic mass is 16.4. The monoisotopic (exact) mass is 183 g/mol. The van der Waals surface area contributed by atoms with Crippen molar-refractivity contribution in [2.75, 3.05) is 7.05 Å². The Hall–Kier alpha value is -1.65. The van der Waals surface area contributed by atoms with Gasteiger partial charge >= 0.3 is 5.97 Å². The van der Waals surface area contributed by atoms with Crippen molar-refractivity contribution in [3.05, 3.63) is 11.8 Å². The lowest BCUT2D eigenvalue weighted by molar-refractivity contribution is -0.150. The predicted molar refractivity (Wildman–Crippen MR) is 43.0 cm³/mol. The van der Waals surface area contributed by atoms with E-state index in [1.54, 1.807) is 6.92 Å². The van der Waals surface area contributed by atoms with E-state index < -0.39 is 23.6 Å². The van der Waals surface area contributed by atoms with Crippen LogP contribution < -0.4 is 0 Å². The van der Waals surface area contributed by atoms with Crippen LogP contribution in [-0.2, 0) is 14.4 Å². The van der Waals surface area contributed by atoms with Crippen molar-refractivity contribution < 1.29 is 19.5 Å². The molecule has 0 bridgehead atoms. The van der Waals surface area contributed by atoms with Crippen molar-refractivity contribution in [1.82, 2.24) is 4.90 Å². The van der Waals surface area contributed by atoms with Gasteiger partial charge in [0.05, 0.1) is 0 Å². The number of nitrogens with zero attached hydrogens (tertiary/aromatic N) is 1. The van der Waals surface area contributed by atoms with Crippen LogP contribution in [0.25, 0.3) is 0 Å². The highest BCUT2D eigenvalue weighted by molar-refractivity contribution is 6.47. The molecule has 1 heterocycles. The molecule has 0 fully saturated rings. The van der Waals surface area contributed by atoms with Gasteiger partial charge in [0.25, 0.3) is 0 Å². The lowest BCUT2D eigenvalue weighted by Gasteiger charge is -2.28. The van der Waals surface area contributed by atoms with Crippen LogP contribution in [0, 0.1) is 0 Å². The number of hydrogen-bond donors (Lipinski definition) is 1. The largest absolute Gasteiger partial charge is 0.479 e. The maximum atomic E-state index is 11.1. The molecule has 1 rings (SSSR count). The van der Waals surface area contributed by atoms with Crippen molar-refractivity contribution in [3.8, 4) is 0 Å². The van der Waals surface area contributed by atoms with E-state index in [4.69, 9.17) is 5.11 Å². The van der Waals surface area contributed by atoms with Gasteiger partial charge in [0.2, 0.25) is 11.6 Å². The van der Waals surface area contributed by atoms with Crippen LogP contribution in [0.1, 0.15) is 6.92 Å². The van der Waals surface area contributed by atoms with E-state index >= 15 is 0 Å². The molecule has 0 aromatic heterocycles. The Morgan fingerprint density at radius 3 is 2.54 bits per heavy atom. The zero-order chi connectivity index (χ0) is 10.2. The fourth-order valence-electron chi connectivity index (χ4n) is 1.15. The molecule has 1 aliphatic rings. The van der Waals surface area contributed by atoms with Crippen LogP contribution in [0.5, 0.6) is 0 Å². The molecule has 1 unspecified atom stereocenters. The molecule has 13 heavy (non-hydrogen) atoms. The molecule has 0 aromatic rings. The molecular weight excluding hydrogens is 174 g/mol. The van der Waals surface area contributed by atoms with Crippen LogP contribution in [0.2, 0.25) is 0 Å². The van der Waals surface area contributed by atoms with Gasteiger partial charge in [-0.1, -0.05) is 0 Å². The van der Waals surface area contributed by atoms with Gasteiger partial charge in [-0.25, -0.2) is 4.79 Å². The summed E-state index contributed by atoms with van der Waals surface area (Å²) in [5.74, 6) is -2.93. The van der Waals surface area contributed by atoms with Gasteiger partial charge in [-0.05, 0) is 6.92 Å². The average molecular weight is 183 g/mol. The lowest BCUT2D eigenvalue weighted by atomic mass is 10.0. The normalized spacial score (nSPS) is 23.1. The van der Waals surface area contributed by atoms with Crippen molar-refractivity contribution in [3.63, 3.8) is 0 Å². The number of carboxylic acids is 1. The number of likely N-dealkylation sites (N-methyl/N-ethyl adjacent to an activating group) is 1. The second-order valence-corrected chi connectivity index (χ2v) is 2.87. The van der Waals surface area contributed by atoms with Gasteiger partial charge < -0.3 is 10.0 Å². The first-order valence-electron chi connectivity index (χ1n) is 3.67. The zero-order valence-corrected chi connectivity index (χ0v) is 7.27. The third kappa shape index (κ3) is 1.44. The molecule has 0 saturated heterocycles. The molecular formula is C8H9NO4. The fraction of sp³-hybridized carbons (Fsp3) is 0.375. The summed E-state index contributed by atoms with van der Waals surface area (Å²) in [5, 5.41) is 8.67. The number of carboxylic acid groups (broad SMARTS) is 1. The van der Waals surface area contributed by atoms with Crippen LogP contribution in [0.4, 0.5) is 0 Å². The van der Waals surface area contributed by atoms with E-state index in [9.17, 15) is 14.4 Å². The number of aliphatic carboxylic acids is 1. The van der Waals surface area contributed by atoms with Crippen molar-refractivity contribution in [2.24, 2.45) is 0 Å². The van der Waals surface area contributed by atoms with Crippen molar-refractivity contribution in [2.45, 2.75) is 13.0 Å². The number of allylic oxidation sites excluding steroid dienone is 2. The van der Waals surface area contributed by atoms with Crippen LogP contribution in [-0.4, -0.2) is 40.6 Å². The van der Waals surface area contributed by atoms with E-state index in [2.05, 4.69) is 0 Å². The molecule has 0 spiro atoms. The second-order valence-electron chi connectivity index (χ2n) is 2.87. The number of ketones is 2. The van der Waals surface area contributed by atoms with Crippen LogP contribution in [0.15, 0.2) is 11.8 Å². The summed E-state index contributed by atoms with van der Waals surface area (Å²) < 4.78 is 0. The molecule has 0 amide bonds. The molecule has 0 radical (unpaired) electrons. The predicted octanol–water partition coefficient (Wildman–Crippen LogP) is -0.573. The van der Waals surface area contributed by atoms with Gasteiger partial charge in [0.1, 0.15) is 0 Å². The van der Waals surface area contributed by atoms with E-state index in [0.29, 0.717) is 5.70 Å². The molecule has 70 valence electrons. The summed E-state index contributed by atoms with van der Waals surface area (Å²) in [6, 6.07) is -1.36. The molecule has 5 nitrogen and oxygen atoms in total. The lowest BCUT2D eigenvalue weighted by Crippen LogP contribution is -2.49. The molecule has 1 N–H and O–H groups in total. The maximum Gasteiger partial charge on any atom is 0.334 e. The summed E-state index contributed by atoms with van der Waals surface area (Å²) >= 11 is 0. The number of carbonyl (C=O) groups excluding carboxylic acids is 2. The molecule has 5 heteroatoms. The molecule has 0 aliphatic carbocycles. The summed E-state index contributed by atoms with van der Waals surface area (Å²) in [5.41, 5.74) is 0.483. The van der Waals surface area contributed by atoms with E-state index in [1.807, 2.05) is 0 Å². The zero-order valence-electron chi connectivity index (χ0n) is 7.27. The highest BCUT2D eigenvalue weighted by Crippen LogP contribution is 2.13. The maximum absolute atomic E-state index is 11.1. The van der Waals surface area contributed by atoms with E-state index in [1.165, 1.54) is 11.9 Å². The molecule has 0 aromatic carbocycles. The first kappa shape index (κ1) is 9.44. The van der Waals surface area contributed by atoms with E-state index in [-0.39, 0.29) is 0 Å². The quantitative estimate of drug-likeness (QED) is 0.435. The molecule has 0 saturated carbocycles. The van der Waals surface area contributed by atoms with Gasteiger partial charge in [-0.3, -0.25) is 9.59 Å². The SMILES string of the molecule is CC1=CC(=O)C(=O)C(C(=O)O)N1C. The Morgan fingerprint density at radius 2 is 2.08 bits per heavy atom. The smallest absolute Gasteiger partial charge is 0.334 e. The number of rotatable bonds is 1. The first-order valence-corrected chi connectivity index (χ1v) is 3.67. The van der Waals surface area contributed by atoms with Gasteiger partial charge in [0, 0.05) is 18.8 Å². The minimum absolute atomic E-state index is 0.483. The summed E-state index contributed by atoms with van der Waals surface area (Å²) in [7, 11) is 1.47. The van der Waals surface area contributed by atoms with Gasteiger partial charge in [0.15, 0.2) is 6.04 Å². The fourth-order valence-corrected chi connectivity index (χ4v) is 1.15. The Kier molecular flexibility index (Phi) is 2.18. The minimum atomic E-state index is -1.36. The Morgan fingerprint density at radius 1 is 1.54 bits per heavy atom. The van der Waals surface area contributed by atoms with Crippen LogP contribution >= 0.6 is 0 Å². The number of carbonyl (C=O) groups is 3. The first-order chi connectivity index (χ1) is 5.95. The van der Waals surface area contributed by atoms with Gasteiger partial charge in [-0.2, -0.15) is 0 Å². The van der Waals surface area contributed by atoms with Gasteiger partial charge in [-0.15, -0.1) is 0 Å². The summed E-state index contributed by atoms with van der Waals surface area (Å²) in [4.78, 5) is 33.9. The highest BCUT2D eigenvalue weighted by Gasteiger charge is 2.37. The van der Waals surface area contributed by atoms with Crippen LogP contribution in [0.3, 0.4) is 0 Å². The summed E-state index contributed by atoms with van der Waals surface area (Å²) in [6.07, 6.45) is 1.14. The average Bonchev–Trinajstić information content (AvgIpc) is 2.01. The molecule has 1 aliphatic heterocycles. The number of hydrogen-bond acceptors (Lipinski definition) is 4. The Balaban J connectivity index is 3.11. The van der Waals surface area contributed by atoms with Crippen molar-refractivity contribution in [1.29, 1.82) is 0 Å². The topological polar surface area (TPSA) is 74.7 Å². The van der Waals surface area contributed by atoms with Crippen molar-refractivity contribution >= 4 is 17.5 Å². The number of Topliss-reactive ketones (excluding diaryl/α,β-unsaturated/α-hetero) is 1. The van der Waals surface area contributed by atoms with E-state index in [0.717, 1.165) is 6.08 Å². The summed E-state index contributed by atoms with van der Waals surface area (Å²) in [6.45, 7) is 1.58. The third-order valence-corrected chi connectivity index (χ3v) is 2.01. The Labute approximate surface area is 74.6 Å². The molecule has 1 atom stereocenters. The second kappa shape index (κ2) is 3.01.